The Kier molecular flexibility index (Phi) is 5.26. The highest BCUT2D eigenvalue weighted by Gasteiger charge is 2.17. The van der Waals surface area contributed by atoms with E-state index in [0.29, 0.717) is 12.1 Å². The maximum absolute atomic E-state index is 13.0. The minimum Gasteiger partial charge on any atom is -0.369 e. The summed E-state index contributed by atoms with van der Waals surface area (Å²) in [5.74, 6) is -0.298. The quantitative estimate of drug-likeness (QED) is 0.731. The number of amides is 1. The van der Waals surface area contributed by atoms with Crippen LogP contribution in [-0.4, -0.2) is 58.8 Å². The Morgan fingerprint density at radius 3 is 2.56 bits per heavy atom. The number of carbonyl (C=O) groups is 1. The molecule has 0 aliphatic carbocycles. The second-order valence-electron chi connectivity index (χ2n) is 6.53. The van der Waals surface area contributed by atoms with E-state index in [0.717, 1.165) is 61.2 Å². The molecule has 2 aromatic carbocycles. The number of nitrogens with one attached hydrogen (secondary N) is 1. The van der Waals surface area contributed by atoms with Gasteiger partial charge in [0.1, 0.15) is 16.9 Å². The number of benzene rings is 2. The van der Waals surface area contributed by atoms with Gasteiger partial charge in [-0.25, -0.2) is 4.39 Å². The Labute approximate surface area is 160 Å². The third-order valence-electron chi connectivity index (χ3n) is 4.79. The summed E-state index contributed by atoms with van der Waals surface area (Å²) in [6, 6.07) is 12.0. The first-order valence-corrected chi connectivity index (χ1v) is 9.65. The van der Waals surface area contributed by atoms with Crippen LogP contribution in [0.4, 0.5) is 10.1 Å². The molecule has 8 heteroatoms. The number of halogens is 1. The SMILES string of the molecule is O=C(NCCN1CCN(c2ccc(F)cc2)CC1)c1ccc2nsnc2c1. The predicted molar refractivity (Wildman–Crippen MR) is 105 cm³/mol. The van der Waals surface area contributed by atoms with Crippen molar-refractivity contribution in [2.75, 3.05) is 44.2 Å². The van der Waals surface area contributed by atoms with E-state index in [2.05, 4.69) is 23.9 Å². The lowest BCUT2D eigenvalue weighted by molar-refractivity contribution is 0.0948. The summed E-state index contributed by atoms with van der Waals surface area (Å²) < 4.78 is 21.3. The smallest absolute Gasteiger partial charge is 0.251 e. The predicted octanol–water partition coefficient (Wildman–Crippen LogP) is 2.38. The molecule has 0 bridgehead atoms. The van der Waals surface area contributed by atoms with Crippen molar-refractivity contribution in [3.63, 3.8) is 0 Å². The molecule has 1 N–H and O–H groups in total. The van der Waals surface area contributed by atoms with Gasteiger partial charge in [0.25, 0.3) is 5.91 Å². The van der Waals surface area contributed by atoms with Crippen molar-refractivity contribution in [2.24, 2.45) is 0 Å². The van der Waals surface area contributed by atoms with Gasteiger partial charge < -0.3 is 10.2 Å². The van der Waals surface area contributed by atoms with Crippen LogP contribution in [0.15, 0.2) is 42.5 Å². The van der Waals surface area contributed by atoms with Crippen molar-refractivity contribution in [3.05, 3.63) is 53.8 Å². The van der Waals surface area contributed by atoms with Crippen molar-refractivity contribution in [2.45, 2.75) is 0 Å². The molecule has 0 atom stereocenters. The van der Waals surface area contributed by atoms with Gasteiger partial charge in [0.2, 0.25) is 0 Å². The van der Waals surface area contributed by atoms with Gasteiger partial charge in [-0.2, -0.15) is 8.75 Å². The summed E-state index contributed by atoms with van der Waals surface area (Å²) in [6.45, 7) is 5.04. The number of hydrogen-bond acceptors (Lipinski definition) is 6. The molecule has 6 nitrogen and oxygen atoms in total. The molecule has 0 radical (unpaired) electrons. The standard InChI is InChI=1S/C19H20FN5OS/c20-15-2-4-16(5-3-15)25-11-9-24(10-12-25)8-7-21-19(26)14-1-6-17-18(13-14)23-27-22-17/h1-6,13H,7-12H2,(H,21,26). The van der Waals surface area contributed by atoms with Gasteiger partial charge in [-0.3, -0.25) is 9.69 Å². The molecule has 1 aromatic heterocycles. The molecule has 1 fully saturated rings. The Bertz CT molecular complexity index is 921. The number of nitrogens with zero attached hydrogens (tertiary/aromatic N) is 4. The summed E-state index contributed by atoms with van der Waals surface area (Å²) in [7, 11) is 0. The normalized spacial score (nSPS) is 15.2. The molecule has 0 spiro atoms. The number of piperazine rings is 1. The van der Waals surface area contributed by atoms with E-state index in [1.807, 2.05) is 18.2 Å². The van der Waals surface area contributed by atoms with Crippen molar-refractivity contribution in [1.29, 1.82) is 0 Å². The maximum atomic E-state index is 13.0. The number of anilines is 1. The third kappa shape index (κ3) is 4.23. The molecule has 3 aromatic rings. The second kappa shape index (κ2) is 7.98. The Morgan fingerprint density at radius 2 is 1.78 bits per heavy atom. The van der Waals surface area contributed by atoms with E-state index in [4.69, 9.17) is 0 Å². The molecule has 0 saturated carbocycles. The van der Waals surface area contributed by atoms with E-state index in [9.17, 15) is 9.18 Å². The van der Waals surface area contributed by atoms with Crippen LogP contribution in [0, 0.1) is 5.82 Å². The molecule has 0 unspecified atom stereocenters. The van der Waals surface area contributed by atoms with Crippen LogP contribution in [0.3, 0.4) is 0 Å². The van der Waals surface area contributed by atoms with Crippen LogP contribution < -0.4 is 10.2 Å². The van der Waals surface area contributed by atoms with E-state index >= 15 is 0 Å². The third-order valence-corrected chi connectivity index (χ3v) is 5.35. The minimum atomic E-state index is -0.210. The van der Waals surface area contributed by atoms with Crippen molar-refractivity contribution in [1.82, 2.24) is 19.0 Å². The first-order valence-electron chi connectivity index (χ1n) is 8.92. The lowest BCUT2D eigenvalue weighted by Crippen LogP contribution is -2.48. The summed E-state index contributed by atoms with van der Waals surface area (Å²) in [5.41, 5.74) is 3.23. The number of aromatic nitrogens is 2. The summed E-state index contributed by atoms with van der Waals surface area (Å²) in [6.07, 6.45) is 0. The van der Waals surface area contributed by atoms with Crippen LogP contribution >= 0.6 is 11.7 Å². The fourth-order valence-electron chi connectivity index (χ4n) is 3.23. The molecule has 140 valence electrons. The molecule has 1 aliphatic rings. The zero-order valence-corrected chi connectivity index (χ0v) is 15.6. The molecule has 4 rings (SSSR count). The van der Waals surface area contributed by atoms with E-state index in [1.165, 1.54) is 12.1 Å². The second-order valence-corrected chi connectivity index (χ2v) is 7.06. The fraction of sp³-hybridized carbons (Fsp3) is 0.316. The van der Waals surface area contributed by atoms with Crippen LogP contribution in [0.5, 0.6) is 0 Å². The molecule has 1 amide bonds. The number of fused-ring (bicyclic) bond motifs is 1. The van der Waals surface area contributed by atoms with Gasteiger partial charge in [-0.15, -0.1) is 0 Å². The van der Waals surface area contributed by atoms with Gasteiger partial charge in [0, 0.05) is 50.5 Å². The highest BCUT2D eigenvalue weighted by atomic mass is 32.1. The number of hydrogen-bond donors (Lipinski definition) is 1. The monoisotopic (exact) mass is 385 g/mol. The molecule has 1 saturated heterocycles. The largest absolute Gasteiger partial charge is 0.369 e. The van der Waals surface area contributed by atoms with E-state index in [-0.39, 0.29) is 11.7 Å². The molecule has 2 heterocycles. The zero-order chi connectivity index (χ0) is 18.6. The summed E-state index contributed by atoms with van der Waals surface area (Å²) >= 11 is 1.15. The summed E-state index contributed by atoms with van der Waals surface area (Å²) in [5, 5.41) is 2.97. The van der Waals surface area contributed by atoms with Gasteiger partial charge in [0.05, 0.1) is 11.7 Å². The van der Waals surface area contributed by atoms with E-state index < -0.39 is 0 Å². The Morgan fingerprint density at radius 1 is 1.04 bits per heavy atom. The summed E-state index contributed by atoms with van der Waals surface area (Å²) in [4.78, 5) is 16.9. The fourth-order valence-corrected chi connectivity index (χ4v) is 3.75. The Hall–Kier alpha value is -2.58. The van der Waals surface area contributed by atoms with Crippen LogP contribution in [-0.2, 0) is 0 Å². The van der Waals surface area contributed by atoms with Gasteiger partial charge in [-0.1, -0.05) is 0 Å². The first kappa shape index (κ1) is 17.8. The highest BCUT2D eigenvalue weighted by Crippen LogP contribution is 2.17. The molecular formula is C19H20FN5OS. The minimum absolute atomic E-state index is 0.0881. The average Bonchev–Trinajstić information content (AvgIpc) is 3.17. The van der Waals surface area contributed by atoms with Crippen molar-refractivity contribution >= 4 is 34.4 Å². The van der Waals surface area contributed by atoms with Crippen LogP contribution in [0.25, 0.3) is 11.0 Å². The first-order chi connectivity index (χ1) is 13.2. The van der Waals surface area contributed by atoms with E-state index in [1.54, 1.807) is 12.1 Å². The molecule has 1 aliphatic heterocycles. The van der Waals surface area contributed by atoms with Crippen LogP contribution in [0.2, 0.25) is 0 Å². The van der Waals surface area contributed by atoms with Crippen molar-refractivity contribution in [3.8, 4) is 0 Å². The average molecular weight is 385 g/mol. The zero-order valence-electron chi connectivity index (χ0n) is 14.8. The highest BCUT2D eigenvalue weighted by molar-refractivity contribution is 7.00. The molecule has 27 heavy (non-hydrogen) atoms. The van der Waals surface area contributed by atoms with Gasteiger partial charge >= 0.3 is 0 Å². The molecular weight excluding hydrogens is 365 g/mol. The Balaban J connectivity index is 1.23. The van der Waals surface area contributed by atoms with Crippen LogP contribution in [0.1, 0.15) is 10.4 Å². The number of rotatable bonds is 5. The van der Waals surface area contributed by atoms with Gasteiger partial charge in [0.15, 0.2) is 0 Å². The number of carbonyl (C=O) groups excluding carboxylic acids is 1. The topological polar surface area (TPSA) is 61.4 Å². The maximum Gasteiger partial charge on any atom is 0.251 e. The van der Waals surface area contributed by atoms with Gasteiger partial charge in [-0.05, 0) is 42.5 Å². The lowest BCUT2D eigenvalue weighted by atomic mass is 10.2. The van der Waals surface area contributed by atoms with Crippen molar-refractivity contribution < 1.29 is 9.18 Å². The lowest BCUT2D eigenvalue weighted by Gasteiger charge is -2.36.